The van der Waals surface area contributed by atoms with E-state index in [1.165, 1.54) is 12.3 Å². The Morgan fingerprint density at radius 2 is 2.03 bits per heavy atom. The number of hydrogen-bond donors (Lipinski definition) is 1. The molecule has 1 heterocycles. The molecule has 1 fully saturated rings. The summed E-state index contributed by atoms with van der Waals surface area (Å²) >= 11 is 0. The van der Waals surface area contributed by atoms with Crippen LogP contribution in [0, 0.1) is 24.0 Å². The molecule has 1 amide bonds. The first-order chi connectivity index (χ1) is 14.4. The average Bonchev–Trinajstić information content (AvgIpc) is 2.74. The van der Waals surface area contributed by atoms with Crippen LogP contribution in [0.3, 0.4) is 0 Å². The van der Waals surface area contributed by atoms with Crippen molar-refractivity contribution in [1.29, 1.82) is 0 Å². The van der Waals surface area contributed by atoms with Gasteiger partial charge in [-0.25, -0.2) is 0 Å². The molecule has 1 aliphatic heterocycles. The van der Waals surface area contributed by atoms with E-state index in [0.717, 1.165) is 11.1 Å². The highest BCUT2D eigenvalue weighted by Crippen LogP contribution is 2.29. The van der Waals surface area contributed by atoms with Crippen molar-refractivity contribution in [3.05, 3.63) is 63.2 Å². The lowest BCUT2D eigenvalue weighted by atomic mass is 10.1. The molecule has 0 aromatic heterocycles. The first-order valence-electron chi connectivity index (χ1n) is 9.57. The molecule has 0 aliphatic carbocycles. The van der Waals surface area contributed by atoms with E-state index in [1.54, 1.807) is 12.1 Å². The van der Waals surface area contributed by atoms with Gasteiger partial charge in [0.2, 0.25) is 0 Å². The molecule has 3 rings (SSSR count). The van der Waals surface area contributed by atoms with Crippen molar-refractivity contribution in [1.82, 2.24) is 0 Å². The number of anilines is 2. The fraction of sp³-hybridized carbons (Fsp3) is 0.333. The smallest absolute Gasteiger partial charge is 0.293 e. The average molecular weight is 412 g/mol. The molecule has 2 aromatic carbocycles. The van der Waals surface area contributed by atoms with Crippen LogP contribution in [0.15, 0.2) is 41.6 Å². The van der Waals surface area contributed by atoms with Crippen LogP contribution in [0.5, 0.6) is 0 Å². The lowest BCUT2D eigenvalue weighted by molar-refractivity contribution is -0.384. The van der Waals surface area contributed by atoms with E-state index in [4.69, 9.17) is 9.57 Å². The topological polar surface area (TPSA) is 106 Å². The molecular weight excluding hydrogens is 388 g/mol. The SMILES string of the molecule is Cc1ccc(NC(=O)CO/N=C\c2ccc(N3CCOCC3)c([N+](=O)[O-])c2)c(C)c1. The minimum absolute atomic E-state index is 0.00607. The molecule has 0 bridgehead atoms. The van der Waals surface area contributed by atoms with E-state index in [1.807, 2.05) is 36.9 Å². The maximum Gasteiger partial charge on any atom is 0.293 e. The summed E-state index contributed by atoms with van der Waals surface area (Å²) in [5.41, 5.74) is 3.84. The summed E-state index contributed by atoms with van der Waals surface area (Å²) in [7, 11) is 0. The number of oxime groups is 1. The number of rotatable bonds is 7. The van der Waals surface area contributed by atoms with Gasteiger partial charge in [0.1, 0.15) is 5.69 Å². The van der Waals surface area contributed by atoms with Gasteiger partial charge < -0.3 is 19.8 Å². The molecule has 30 heavy (non-hydrogen) atoms. The predicted octanol–water partition coefficient (Wildman–Crippen LogP) is 3.04. The number of aryl methyl sites for hydroxylation is 2. The summed E-state index contributed by atoms with van der Waals surface area (Å²) in [6.07, 6.45) is 1.35. The van der Waals surface area contributed by atoms with E-state index in [2.05, 4.69) is 10.5 Å². The largest absolute Gasteiger partial charge is 0.386 e. The van der Waals surface area contributed by atoms with Gasteiger partial charge in [-0.2, -0.15) is 0 Å². The Bertz CT molecular complexity index is 954. The molecule has 0 radical (unpaired) electrons. The number of nitrogens with one attached hydrogen (secondary N) is 1. The van der Waals surface area contributed by atoms with Gasteiger partial charge >= 0.3 is 0 Å². The highest BCUT2D eigenvalue weighted by molar-refractivity contribution is 5.92. The molecule has 9 nitrogen and oxygen atoms in total. The Kier molecular flexibility index (Phi) is 6.97. The van der Waals surface area contributed by atoms with Crippen molar-refractivity contribution in [3.8, 4) is 0 Å². The van der Waals surface area contributed by atoms with Crippen LogP contribution < -0.4 is 10.2 Å². The summed E-state index contributed by atoms with van der Waals surface area (Å²) in [6, 6.07) is 10.6. The number of ether oxygens (including phenoxy) is 1. The van der Waals surface area contributed by atoms with E-state index in [-0.39, 0.29) is 18.2 Å². The zero-order valence-electron chi connectivity index (χ0n) is 17.0. The maximum atomic E-state index is 12.0. The van der Waals surface area contributed by atoms with Gasteiger partial charge in [0.05, 0.1) is 24.4 Å². The Labute approximate surface area is 174 Å². The number of benzene rings is 2. The standard InChI is InChI=1S/C21H24N4O5/c1-15-3-5-18(16(2)11-15)23-21(26)14-30-22-13-17-4-6-19(20(12-17)25(27)28)24-7-9-29-10-8-24/h3-6,11-13H,7-10,14H2,1-2H3,(H,23,26)/b22-13-. The van der Waals surface area contributed by atoms with Gasteiger partial charge in [0.15, 0.2) is 6.61 Å². The lowest BCUT2D eigenvalue weighted by Crippen LogP contribution is -2.36. The molecule has 9 heteroatoms. The number of nitro groups is 1. The normalized spacial score (nSPS) is 14.0. The van der Waals surface area contributed by atoms with E-state index in [9.17, 15) is 14.9 Å². The lowest BCUT2D eigenvalue weighted by Gasteiger charge is -2.28. The van der Waals surface area contributed by atoms with Crippen LogP contribution in [0.1, 0.15) is 16.7 Å². The van der Waals surface area contributed by atoms with Gasteiger partial charge in [-0.05, 0) is 31.5 Å². The third-order valence-electron chi connectivity index (χ3n) is 4.68. The summed E-state index contributed by atoms with van der Waals surface area (Å²) < 4.78 is 5.30. The molecule has 1 aliphatic rings. The van der Waals surface area contributed by atoms with Crippen LogP contribution in [0.4, 0.5) is 17.1 Å². The quantitative estimate of drug-likeness (QED) is 0.426. The first kappa shape index (κ1) is 21.3. The molecule has 0 spiro atoms. The van der Waals surface area contributed by atoms with Gasteiger partial charge in [-0.15, -0.1) is 0 Å². The highest BCUT2D eigenvalue weighted by atomic mass is 16.6. The number of nitrogens with zero attached hydrogens (tertiary/aromatic N) is 3. The van der Waals surface area contributed by atoms with E-state index in [0.29, 0.717) is 43.2 Å². The summed E-state index contributed by atoms with van der Waals surface area (Å²) in [4.78, 5) is 30.0. The molecule has 158 valence electrons. The van der Waals surface area contributed by atoms with E-state index < -0.39 is 4.92 Å². The second-order valence-corrected chi connectivity index (χ2v) is 6.98. The minimum atomic E-state index is -0.416. The Hall–Kier alpha value is -3.46. The van der Waals surface area contributed by atoms with Crippen molar-refractivity contribution in [2.75, 3.05) is 43.1 Å². The highest BCUT2D eigenvalue weighted by Gasteiger charge is 2.21. The Morgan fingerprint density at radius 3 is 2.73 bits per heavy atom. The monoisotopic (exact) mass is 412 g/mol. The molecule has 0 atom stereocenters. The first-order valence-corrected chi connectivity index (χ1v) is 9.57. The molecule has 1 saturated heterocycles. The third-order valence-corrected chi connectivity index (χ3v) is 4.68. The fourth-order valence-corrected chi connectivity index (χ4v) is 3.17. The van der Waals surface area contributed by atoms with Crippen LogP contribution in [0.25, 0.3) is 0 Å². The fourth-order valence-electron chi connectivity index (χ4n) is 3.17. The molecule has 0 unspecified atom stereocenters. The van der Waals surface area contributed by atoms with Crippen molar-refractivity contribution in [2.24, 2.45) is 5.16 Å². The summed E-state index contributed by atoms with van der Waals surface area (Å²) in [5, 5.41) is 18.0. The van der Waals surface area contributed by atoms with Crippen molar-refractivity contribution in [3.63, 3.8) is 0 Å². The summed E-state index contributed by atoms with van der Waals surface area (Å²) in [6.45, 7) is 5.91. The van der Waals surface area contributed by atoms with Crippen molar-refractivity contribution < 1.29 is 19.3 Å². The van der Waals surface area contributed by atoms with Crippen molar-refractivity contribution >= 4 is 29.2 Å². The van der Waals surface area contributed by atoms with Gasteiger partial charge in [0.25, 0.3) is 11.6 Å². The Balaban J connectivity index is 1.58. The van der Waals surface area contributed by atoms with Gasteiger partial charge in [-0.1, -0.05) is 28.9 Å². The summed E-state index contributed by atoms with van der Waals surface area (Å²) in [5.74, 6) is -0.340. The number of nitro benzene ring substituents is 1. The molecule has 2 aromatic rings. The predicted molar refractivity (Wildman–Crippen MR) is 114 cm³/mol. The van der Waals surface area contributed by atoms with Gasteiger partial charge in [-0.3, -0.25) is 14.9 Å². The second kappa shape index (κ2) is 9.84. The second-order valence-electron chi connectivity index (χ2n) is 6.98. The third kappa shape index (κ3) is 5.54. The number of hydrogen-bond acceptors (Lipinski definition) is 7. The Morgan fingerprint density at radius 1 is 1.27 bits per heavy atom. The number of carbonyl (C=O) groups is 1. The van der Waals surface area contributed by atoms with E-state index >= 15 is 0 Å². The number of morpholine rings is 1. The van der Waals surface area contributed by atoms with Crippen LogP contribution >= 0.6 is 0 Å². The minimum Gasteiger partial charge on any atom is -0.386 e. The number of carbonyl (C=O) groups excluding carboxylic acids is 1. The molecular formula is C21H24N4O5. The van der Waals surface area contributed by atoms with Crippen molar-refractivity contribution in [2.45, 2.75) is 13.8 Å². The number of amides is 1. The molecule has 1 N–H and O–H groups in total. The maximum absolute atomic E-state index is 12.0. The molecule has 0 saturated carbocycles. The van der Waals surface area contributed by atoms with Gasteiger partial charge in [0, 0.05) is 30.4 Å². The zero-order valence-corrected chi connectivity index (χ0v) is 17.0. The van der Waals surface area contributed by atoms with Crippen LogP contribution in [-0.4, -0.2) is 50.0 Å². The van der Waals surface area contributed by atoms with Crippen LogP contribution in [0.2, 0.25) is 0 Å². The zero-order chi connectivity index (χ0) is 21.5. The van der Waals surface area contributed by atoms with Crippen LogP contribution in [-0.2, 0) is 14.4 Å².